The number of benzene rings is 2. The Morgan fingerprint density at radius 2 is 1.89 bits per heavy atom. The summed E-state index contributed by atoms with van der Waals surface area (Å²) in [5.74, 6) is 1.42. The van der Waals surface area contributed by atoms with Gasteiger partial charge in [-0.25, -0.2) is 0 Å². The summed E-state index contributed by atoms with van der Waals surface area (Å²) >= 11 is 0. The van der Waals surface area contributed by atoms with Crippen molar-refractivity contribution in [1.29, 1.82) is 0 Å². The molecule has 2 atom stereocenters. The zero-order chi connectivity index (χ0) is 12.8. The molecular weight excluding hydrogens is 234 g/mol. The molecule has 2 heteroatoms. The van der Waals surface area contributed by atoms with E-state index in [0.717, 1.165) is 18.7 Å². The van der Waals surface area contributed by atoms with Crippen LogP contribution in [0, 0.1) is 0 Å². The lowest BCUT2D eigenvalue weighted by Gasteiger charge is -2.29. The van der Waals surface area contributed by atoms with Gasteiger partial charge in [-0.1, -0.05) is 30.3 Å². The lowest BCUT2D eigenvalue weighted by atomic mass is 9.85. The normalized spacial score (nSPS) is 23.4. The first kappa shape index (κ1) is 11.1. The van der Waals surface area contributed by atoms with Crippen LogP contribution in [0.5, 0.6) is 5.75 Å². The standard InChI is InChI=1S/C17H17NO/c1-19-12-7-6-11-8-17-14-5-3-2-4-13(14)16(10-18-17)15(11)9-12/h2-7,9,16-18H,8,10H2,1H3. The Hall–Kier alpha value is -1.80. The van der Waals surface area contributed by atoms with Crippen molar-refractivity contribution in [2.24, 2.45) is 0 Å². The van der Waals surface area contributed by atoms with Crippen molar-refractivity contribution in [3.05, 3.63) is 64.7 Å². The van der Waals surface area contributed by atoms with Gasteiger partial charge in [0.15, 0.2) is 0 Å². The zero-order valence-corrected chi connectivity index (χ0v) is 11.0. The fourth-order valence-corrected chi connectivity index (χ4v) is 3.52. The molecule has 2 nitrogen and oxygen atoms in total. The predicted molar refractivity (Wildman–Crippen MR) is 75.7 cm³/mol. The quantitative estimate of drug-likeness (QED) is 0.841. The summed E-state index contributed by atoms with van der Waals surface area (Å²) in [4.78, 5) is 0. The molecule has 0 saturated heterocycles. The topological polar surface area (TPSA) is 21.3 Å². The molecular formula is C17H17NO. The van der Waals surface area contributed by atoms with E-state index in [9.17, 15) is 0 Å². The van der Waals surface area contributed by atoms with Crippen molar-refractivity contribution in [2.75, 3.05) is 13.7 Å². The summed E-state index contributed by atoms with van der Waals surface area (Å²) in [6.45, 7) is 1.03. The molecule has 2 bridgehead atoms. The van der Waals surface area contributed by atoms with E-state index in [4.69, 9.17) is 4.74 Å². The molecule has 2 aromatic carbocycles. The van der Waals surface area contributed by atoms with Crippen LogP contribution in [0.2, 0.25) is 0 Å². The number of hydrogen-bond acceptors (Lipinski definition) is 2. The molecule has 0 amide bonds. The van der Waals surface area contributed by atoms with Crippen LogP contribution in [0.15, 0.2) is 42.5 Å². The maximum atomic E-state index is 5.40. The fraction of sp³-hybridized carbons (Fsp3) is 0.294. The third-order valence-corrected chi connectivity index (χ3v) is 4.47. The number of fused-ring (bicyclic) bond motifs is 1. The van der Waals surface area contributed by atoms with E-state index >= 15 is 0 Å². The Kier molecular flexibility index (Phi) is 2.39. The highest BCUT2D eigenvalue weighted by Gasteiger charge is 2.33. The first-order chi connectivity index (χ1) is 9.36. The van der Waals surface area contributed by atoms with Gasteiger partial charge in [0.2, 0.25) is 0 Å². The van der Waals surface area contributed by atoms with E-state index in [1.807, 2.05) is 0 Å². The summed E-state index contributed by atoms with van der Waals surface area (Å²) in [6, 6.07) is 15.8. The Labute approximate surface area is 113 Å². The molecule has 0 radical (unpaired) electrons. The molecule has 96 valence electrons. The molecule has 2 aliphatic heterocycles. The van der Waals surface area contributed by atoms with Gasteiger partial charge in [-0.3, -0.25) is 0 Å². The van der Waals surface area contributed by atoms with Crippen molar-refractivity contribution >= 4 is 0 Å². The highest BCUT2D eigenvalue weighted by molar-refractivity contribution is 5.50. The summed E-state index contributed by atoms with van der Waals surface area (Å²) < 4.78 is 5.40. The second-order valence-electron chi connectivity index (χ2n) is 5.41. The van der Waals surface area contributed by atoms with Gasteiger partial charge in [0.25, 0.3) is 0 Å². The number of methoxy groups -OCH3 is 1. The van der Waals surface area contributed by atoms with Gasteiger partial charge in [0, 0.05) is 18.5 Å². The molecule has 1 aliphatic carbocycles. The number of nitrogens with one attached hydrogen (secondary N) is 1. The zero-order valence-electron chi connectivity index (χ0n) is 11.0. The molecule has 0 fully saturated rings. The fourth-order valence-electron chi connectivity index (χ4n) is 3.52. The molecule has 2 aromatic rings. The van der Waals surface area contributed by atoms with Crippen LogP contribution >= 0.6 is 0 Å². The van der Waals surface area contributed by atoms with Crippen LogP contribution in [0.1, 0.15) is 34.2 Å². The van der Waals surface area contributed by atoms with Gasteiger partial charge < -0.3 is 10.1 Å². The number of rotatable bonds is 1. The van der Waals surface area contributed by atoms with Gasteiger partial charge >= 0.3 is 0 Å². The number of hydrogen-bond donors (Lipinski definition) is 1. The second kappa shape index (κ2) is 4.10. The SMILES string of the molecule is COc1ccc2c(c1)C1CNC(C2)c2ccccc21. The molecule has 2 heterocycles. The van der Waals surface area contributed by atoms with Crippen LogP contribution in [0.4, 0.5) is 0 Å². The molecule has 0 saturated carbocycles. The van der Waals surface area contributed by atoms with E-state index < -0.39 is 0 Å². The van der Waals surface area contributed by atoms with Crippen molar-refractivity contribution in [3.63, 3.8) is 0 Å². The van der Waals surface area contributed by atoms with Gasteiger partial charge in [0.1, 0.15) is 5.75 Å². The molecule has 5 rings (SSSR count). The smallest absolute Gasteiger partial charge is 0.119 e. The lowest BCUT2D eigenvalue weighted by molar-refractivity contribution is 0.414. The minimum Gasteiger partial charge on any atom is -0.497 e. The van der Waals surface area contributed by atoms with Gasteiger partial charge in [-0.15, -0.1) is 0 Å². The monoisotopic (exact) mass is 251 g/mol. The Balaban J connectivity index is 1.94. The van der Waals surface area contributed by atoms with E-state index in [1.165, 1.54) is 22.3 Å². The summed E-state index contributed by atoms with van der Waals surface area (Å²) in [7, 11) is 1.74. The first-order valence-electron chi connectivity index (χ1n) is 6.86. The molecule has 3 aliphatic rings. The maximum Gasteiger partial charge on any atom is 0.119 e. The largest absolute Gasteiger partial charge is 0.497 e. The summed E-state index contributed by atoms with van der Waals surface area (Å²) in [6.07, 6.45) is 1.08. The van der Waals surface area contributed by atoms with Crippen LogP contribution in [0.3, 0.4) is 0 Å². The minimum atomic E-state index is 0.458. The van der Waals surface area contributed by atoms with Crippen LogP contribution in [-0.2, 0) is 6.42 Å². The molecule has 0 aromatic heterocycles. The van der Waals surface area contributed by atoms with Crippen molar-refractivity contribution in [2.45, 2.75) is 18.4 Å². The molecule has 2 unspecified atom stereocenters. The van der Waals surface area contributed by atoms with Crippen LogP contribution in [0.25, 0.3) is 0 Å². The van der Waals surface area contributed by atoms with Crippen LogP contribution < -0.4 is 10.1 Å². The van der Waals surface area contributed by atoms with E-state index in [-0.39, 0.29) is 0 Å². The lowest BCUT2D eigenvalue weighted by Crippen LogP contribution is -2.31. The molecule has 1 N–H and O–H groups in total. The summed E-state index contributed by atoms with van der Waals surface area (Å²) in [5, 5.41) is 3.68. The first-order valence-corrected chi connectivity index (χ1v) is 6.86. The predicted octanol–water partition coefficient (Wildman–Crippen LogP) is 3.03. The average Bonchev–Trinajstić information content (AvgIpc) is 2.73. The maximum absolute atomic E-state index is 5.40. The van der Waals surface area contributed by atoms with Crippen molar-refractivity contribution in [1.82, 2.24) is 5.32 Å². The van der Waals surface area contributed by atoms with E-state index in [2.05, 4.69) is 47.8 Å². The van der Waals surface area contributed by atoms with Gasteiger partial charge in [-0.05, 0) is 40.8 Å². The molecule has 0 spiro atoms. The number of ether oxygens (including phenoxy) is 1. The van der Waals surface area contributed by atoms with Crippen molar-refractivity contribution in [3.8, 4) is 5.75 Å². The highest BCUT2D eigenvalue weighted by Crippen LogP contribution is 2.42. The minimum absolute atomic E-state index is 0.458. The highest BCUT2D eigenvalue weighted by atomic mass is 16.5. The average molecular weight is 251 g/mol. The second-order valence-corrected chi connectivity index (χ2v) is 5.41. The van der Waals surface area contributed by atoms with Crippen molar-refractivity contribution < 1.29 is 4.74 Å². The summed E-state index contributed by atoms with van der Waals surface area (Å²) in [5.41, 5.74) is 5.84. The van der Waals surface area contributed by atoms with Crippen LogP contribution in [-0.4, -0.2) is 13.7 Å². The van der Waals surface area contributed by atoms with E-state index in [1.54, 1.807) is 7.11 Å². The Morgan fingerprint density at radius 3 is 2.74 bits per heavy atom. The van der Waals surface area contributed by atoms with Gasteiger partial charge in [-0.2, -0.15) is 0 Å². The Bertz CT molecular complexity index is 635. The Morgan fingerprint density at radius 1 is 1.05 bits per heavy atom. The van der Waals surface area contributed by atoms with E-state index in [0.29, 0.717) is 12.0 Å². The molecule has 19 heavy (non-hydrogen) atoms. The third kappa shape index (κ3) is 1.60. The third-order valence-electron chi connectivity index (χ3n) is 4.47. The van der Waals surface area contributed by atoms with Gasteiger partial charge in [0.05, 0.1) is 7.11 Å².